The Kier molecular flexibility index (Phi) is 3.98. The van der Waals surface area contributed by atoms with E-state index >= 15 is 0 Å². The van der Waals surface area contributed by atoms with E-state index in [2.05, 4.69) is 10.3 Å². The summed E-state index contributed by atoms with van der Waals surface area (Å²) in [5.74, 6) is -1.16. The number of anilines is 1. The van der Waals surface area contributed by atoms with Crippen molar-refractivity contribution in [3.8, 4) is 0 Å². The maximum absolute atomic E-state index is 13.9. The van der Waals surface area contributed by atoms with Crippen molar-refractivity contribution in [2.24, 2.45) is 0 Å². The third-order valence-electron chi connectivity index (χ3n) is 2.79. The standard InChI is InChI=1S/C11H14ClFN4O/c1-16(12)11(18)8-2-3-9(10(13)15-8)17-6-4-14-5-7-17/h2-3,14H,4-7H2,1H3. The Balaban J connectivity index is 2.21. The van der Waals surface area contributed by atoms with Crippen molar-refractivity contribution >= 4 is 23.4 Å². The highest BCUT2D eigenvalue weighted by Crippen LogP contribution is 2.19. The van der Waals surface area contributed by atoms with Crippen molar-refractivity contribution in [2.45, 2.75) is 0 Å². The fourth-order valence-corrected chi connectivity index (χ4v) is 1.93. The molecule has 0 spiro atoms. The zero-order valence-electron chi connectivity index (χ0n) is 9.99. The number of aromatic nitrogens is 1. The molecule has 1 saturated heterocycles. The van der Waals surface area contributed by atoms with E-state index in [0.717, 1.165) is 30.6 Å². The van der Waals surface area contributed by atoms with E-state index in [4.69, 9.17) is 11.8 Å². The summed E-state index contributed by atoms with van der Waals surface area (Å²) in [4.78, 5) is 17.1. The first kappa shape index (κ1) is 13.0. The first-order chi connectivity index (χ1) is 8.59. The van der Waals surface area contributed by atoms with Gasteiger partial charge >= 0.3 is 0 Å². The monoisotopic (exact) mass is 272 g/mol. The van der Waals surface area contributed by atoms with Gasteiger partial charge in [-0.15, -0.1) is 0 Å². The lowest BCUT2D eigenvalue weighted by Crippen LogP contribution is -2.44. The predicted molar refractivity (Wildman–Crippen MR) is 67.2 cm³/mol. The highest BCUT2D eigenvalue weighted by Gasteiger charge is 2.18. The summed E-state index contributed by atoms with van der Waals surface area (Å²) in [5, 5.41) is 3.19. The lowest BCUT2D eigenvalue weighted by molar-refractivity contribution is 0.0878. The summed E-state index contributed by atoms with van der Waals surface area (Å²) in [5.41, 5.74) is 0.425. The maximum atomic E-state index is 13.9. The second-order valence-electron chi connectivity index (χ2n) is 4.03. The van der Waals surface area contributed by atoms with Crippen molar-refractivity contribution in [1.29, 1.82) is 0 Å². The molecule has 0 bridgehead atoms. The highest BCUT2D eigenvalue weighted by atomic mass is 35.5. The smallest absolute Gasteiger partial charge is 0.286 e. The van der Waals surface area contributed by atoms with Crippen molar-refractivity contribution in [2.75, 3.05) is 38.1 Å². The second-order valence-corrected chi connectivity index (χ2v) is 4.53. The van der Waals surface area contributed by atoms with E-state index in [1.807, 2.05) is 4.90 Å². The van der Waals surface area contributed by atoms with Gasteiger partial charge in [-0.25, -0.2) is 4.98 Å². The molecule has 2 heterocycles. The van der Waals surface area contributed by atoms with Gasteiger partial charge in [0.15, 0.2) is 0 Å². The number of pyridine rings is 1. The molecule has 98 valence electrons. The van der Waals surface area contributed by atoms with E-state index < -0.39 is 11.9 Å². The topological polar surface area (TPSA) is 48.5 Å². The molecular formula is C11H14ClFN4O. The second kappa shape index (κ2) is 5.49. The molecule has 1 amide bonds. The molecule has 1 aromatic heterocycles. The first-order valence-electron chi connectivity index (χ1n) is 5.65. The van der Waals surface area contributed by atoms with Crippen LogP contribution in [0.5, 0.6) is 0 Å². The lowest BCUT2D eigenvalue weighted by Gasteiger charge is -2.29. The van der Waals surface area contributed by atoms with Gasteiger partial charge in [-0.05, 0) is 12.1 Å². The predicted octanol–water partition coefficient (Wildman–Crippen LogP) is 0.856. The summed E-state index contributed by atoms with van der Waals surface area (Å²) in [7, 11) is 1.38. The van der Waals surface area contributed by atoms with Crippen LogP contribution in [0.25, 0.3) is 0 Å². The molecule has 1 aliphatic heterocycles. The van der Waals surface area contributed by atoms with Gasteiger partial charge in [0.25, 0.3) is 5.91 Å². The Morgan fingerprint density at radius 3 is 2.72 bits per heavy atom. The Morgan fingerprint density at radius 2 is 2.17 bits per heavy atom. The van der Waals surface area contributed by atoms with Crippen LogP contribution in [0.3, 0.4) is 0 Å². The Morgan fingerprint density at radius 1 is 1.50 bits per heavy atom. The zero-order valence-corrected chi connectivity index (χ0v) is 10.7. The van der Waals surface area contributed by atoms with E-state index in [1.165, 1.54) is 13.1 Å². The number of nitrogens with one attached hydrogen (secondary N) is 1. The molecule has 0 aromatic carbocycles. The summed E-state index contributed by atoms with van der Waals surface area (Å²) >= 11 is 5.51. The maximum Gasteiger partial charge on any atom is 0.286 e. The van der Waals surface area contributed by atoms with E-state index in [1.54, 1.807) is 6.07 Å². The van der Waals surface area contributed by atoms with Crippen LogP contribution in [-0.2, 0) is 0 Å². The van der Waals surface area contributed by atoms with Gasteiger partial charge in [0.2, 0.25) is 5.95 Å². The minimum absolute atomic E-state index is 0.00360. The lowest BCUT2D eigenvalue weighted by atomic mass is 10.2. The van der Waals surface area contributed by atoms with Gasteiger partial charge in [0.1, 0.15) is 5.69 Å². The van der Waals surface area contributed by atoms with Gasteiger partial charge < -0.3 is 10.2 Å². The number of amides is 1. The highest BCUT2D eigenvalue weighted by molar-refractivity contribution is 6.23. The third kappa shape index (κ3) is 2.70. The van der Waals surface area contributed by atoms with Gasteiger partial charge in [0.05, 0.1) is 5.69 Å². The normalized spacial score (nSPS) is 15.6. The molecule has 1 N–H and O–H groups in total. The van der Waals surface area contributed by atoms with Gasteiger partial charge in [-0.3, -0.25) is 9.21 Å². The van der Waals surface area contributed by atoms with Crippen LogP contribution in [-0.4, -0.2) is 48.5 Å². The molecule has 0 aliphatic carbocycles. The Bertz CT molecular complexity index is 449. The molecule has 1 fully saturated rings. The molecule has 2 rings (SSSR count). The number of halogens is 2. The number of piperazine rings is 1. The first-order valence-corrected chi connectivity index (χ1v) is 5.99. The zero-order chi connectivity index (χ0) is 13.1. The van der Waals surface area contributed by atoms with Gasteiger partial charge in [-0.1, -0.05) is 0 Å². The fraction of sp³-hybridized carbons (Fsp3) is 0.455. The van der Waals surface area contributed by atoms with Crippen LogP contribution < -0.4 is 10.2 Å². The molecule has 0 unspecified atom stereocenters. The minimum atomic E-state index is -0.638. The summed E-state index contributed by atoms with van der Waals surface area (Å²) in [6.07, 6.45) is 0. The molecule has 1 aliphatic rings. The largest absolute Gasteiger partial charge is 0.365 e. The van der Waals surface area contributed by atoms with Crippen LogP contribution in [0.15, 0.2) is 12.1 Å². The van der Waals surface area contributed by atoms with Crippen LogP contribution in [0.1, 0.15) is 10.5 Å². The summed E-state index contributed by atoms with van der Waals surface area (Å²) in [6.45, 7) is 3.07. The number of carbonyl (C=O) groups excluding carboxylic acids is 1. The molecule has 0 saturated carbocycles. The molecular weight excluding hydrogens is 259 g/mol. The van der Waals surface area contributed by atoms with Crippen molar-refractivity contribution in [1.82, 2.24) is 14.7 Å². The van der Waals surface area contributed by atoms with Crippen molar-refractivity contribution in [3.05, 3.63) is 23.8 Å². The molecule has 1 aromatic rings. The average Bonchev–Trinajstić information content (AvgIpc) is 2.38. The number of carbonyl (C=O) groups is 1. The van der Waals surface area contributed by atoms with E-state index in [-0.39, 0.29) is 5.69 Å². The minimum Gasteiger partial charge on any atom is -0.365 e. The summed E-state index contributed by atoms with van der Waals surface area (Å²) < 4.78 is 14.7. The van der Waals surface area contributed by atoms with Crippen LogP contribution >= 0.6 is 11.8 Å². The van der Waals surface area contributed by atoms with Crippen LogP contribution in [0.2, 0.25) is 0 Å². The molecule has 7 heteroatoms. The molecule has 0 atom stereocenters. The van der Waals surface area contributed by atoms with Gasteiger partial charge in [-0.2, -0.15) is 4.39 Å². The van der Waals surface area contributed by atoms with E-state index in [9.17, 15) is 9.18 Å². The Labute approximate surface area is 110 Å². The molecule has 18 heavy (non-hydrogen) atoms. The third-order valence-corrected chi connectivity index (χ3v) is 2.94. The number of hydrogen-bond acceptors (Lipinski definition) is 4. The average molecular weight is 273 g/mol. The molecule has 0 radical (unpaired) electrons. The quantitative estimate of drug-likeness (QED) is 0.641. The molecule has 5 nitrogen and oxygen atoms in total. The van der Waals surface area contributed by atoms with E-state index in [0.29, 0.717) is 5.69 Å². The fourth-order valence-electron chi connectivity index (χ4n) is 1.85. The van der Waals surface area contributed by atoms with Crippen LogP contribution in [0.4, 0.5) is 10.1 Å². The Hall–Kier alpha value is -1.40. The summed E-state index contributed by atoms with van der Waals surface area (Å²) in [6, 6.07) is 3.06. The number of nitrogens with zero attached hydrogens (tertiary/aromatic N) is 3. The van der Waals surface area contributed by atoms with Crippen LogP contribution in [0, 0.1) is 5.95 Å². The van der Waals surface area contributed by atoms with Crippen molar-refractivity contribution in [3.63, 3.8) is 0 Å². The van der Waals surface area contributed by atoms with Gasteiger partial charge in [0, 0.05) is 45.0 Å². The van der Waals surface area contributed by atoms with Crippen molar-refractivity contribution < 1.29 is 9.18 Å². The number of hydrogen-bond donors (Lipinski definition) is 1. The SMILES string of the molecule is CN(Cl)C(=O)c1ccc(N2CCNCC2)c(F)n1. The number of rotatable bonds is 2.